The predicted molar refractivity (Wildman–Crippen MR) is 56.5 cm³/mol. The first-order valence-electron chi connectivity index (χ1n) is 5.43. The van der Waals surface area contributed by atoms with Crippen LogP contribution in [0.25, 0.3) is 0 Å². The number of ether oxygens (including phenoxy) is 1. The van der Waals surface area contributed by atoms with Gasteiger partial charge in [-0.3, -0.25) is 4.79 Å². The molecule has 0 saturated carbocycles. The Bertz CT molecular complexity index is 424. The maximum absolute atomic E-state index is 12.2. The van der Waals surface area contributed by atoms with Crippen LogP contribution in [0.1, 0.15) is 12.0 Å². The van der Waals surface area contributed by atoms with Crippen molar-refractivity contribution < 1.29 is 35.9 Å². The molecular weight excluding hydrogens is 290 g/mol. The van der Waals surface area contributed by atoms with E-state index in [-0.39, 0.29) is 6.61 Å². The second kappa shape index (κ2) is 6.15. The molecule has 8 heteroatoms. The van der Waals surface area contributed by atoms with E-state index in [0.717, 1.165) is 0 Å². The first kappa shape index (κ1) is 16.3. The molecule has 0 atom stereocenters. The zero-order valence-corrected chi connectivity index (χ0v) is 9.96. The van der Waals surface area contributed by atoms with Gasteiger partial charge in [0, 0.05) is 0 Å². The van der Waals surface area contributed by atoms with Crippen molar-refractivity contribution in [2.45, 2.75) is 25.4 Å². The zero-order chi connectivity index (χ0) is 15.4. The Morgan fingerprint density at radius 2 is 1.50 bits per heavy atom. The number of alkyl halides is 6. The van der Waals surface area contributed by atoms with Crippen LogP contribution in [0.5, 0.6) is 0 Å². The van der Waals surface area contributed by atoms with E-state index < -0.39 is 30.7 Å². The van der Waals surface area contributed by atoms with Gasteiger partial charge < -0.3 is 4.74 Å². The summed E-state index contributed by atoms with van der Waals surface area (Å²) in [6.45, 7) is -0.373. The van der Waals surface area contributed by atoms with Crippen molar-refractivity contribution in [1.82, 2.24) is 0 Å². The first-order chi connectivity index (χ1) is 9.10. The summed E-state index contributed by atoms with van der Waals surface area (Å²) in [6.07, 6.45) is -12.9. The Morgan fingerprint density at radius 3 is 1.95 bits per heavy atom. The molecule has 0 aliphatic carbocycles. The average Bonchev–Trinajstić information content (AvgIpc) is 2.32. The Morgan fingerprint density at radius 1 is 1.00 bits per heavy atom. The van der Waals surface area contributed by atoms with Gasteiger partial charge in [-0.05, 0) is 5.56 Å². The minimum absolute atomic E-state index is 0.373. The van der Waals surface area contributed by atoms with Gasteiger partial charge in [-0.1, -0.05) is 30.3 Å². The van der Waals surface area contributed by atoms with Gasteiger partial charge in [0.05, 0.1) is 6.42 Å². The van der Waals surface area contributed by atoms with Crippen molar-refractivity contribution in [3.63, 3.8) is 0 Å². The van der Waals surface area contributed by atoms with Crippen LogP contribution in [0.15, 0.2) is 30.3 Å². The molecule has 0 aliphatic heterocycles. The molecule has 1 aromatic carbocycles. The maximum atomic E-state index is 12.2. The number of benzene rings is 1. The highest BCUT2D eigenvalue weighted by Crippen LogP contribution is 2.41. The molecule has 20 heavy (non-hydrogen) atoms. The fourth-order valence-electron chi connectivity index (χ4n) is 1.38. The van der Waals surface area contributed by atoms with Crippen molar-refractivity contribution >= 4 is 5.97 Å². The average molecular weight is 300 g/mol. The number of hydrogen-bond donors (Lipinski definition) is 0. The highest BCUT2D eigenvalue weighted by Gasteiger charge is 2.57. The second-order valence-corrected chi connectivity index (χ2v) is 3.99. The molecular formula is C12H10F6O2. The second-order valence-electron chi connectivity index (χ2n) is 3.99. The van der Waals surface area contributed by atoms with E-state index in [4.69, 9.17) is 0 Å². The van der Waals surface area contributed by atoms with Crippen molar-refractivity contribution in [3.8, 4) is 0 Å². The van der Waals surface area contributed by atoms with E-state index in [1.807, 2.05) is 0 Å². The summed E-state index contributed by atoms with van der Waals surface area (Å²) in [5.41, 5.74) is 0.469. The van der Waals surface area contributed by atoms with E-state index in [1.54, 1.807) is 18.2 Å². The van der Waals surface area contributed by atoms with E-state index >= 15 is 0 Å². The van der Waals surface area contributed by atoms with Crippen LogP contribution >= 0.6 is 0 Å². The topological polar surface area (TPSA) is 26.3 Å². The lowest BCUT2D eigenvalue weighted by Gasteiger charge is -2.21. The van der Waals surface area contributed by atoms with E-state index in [2.05, 4.69) is 4.74 Å². The van der Waals surface area contributed by atoms with Gasteiger partial charge in [0.1, 0.15) is 6.61 Å². The molecule has 0 aromatic heterocycles. The Balaban J connectivity index is 2.59. The lowest BCUT2D eigenvalue weighted by Crippen LogP contribution is -2.38. The lowest BCUT2D eigenvalue weighted by atomic mass is 10.1. The SMILES string of the molecule is O=C(CC(C(F)(F)F)C(F)(F)F)OCc1ccccc1. The monoisotopic (exact) mass is 300 g/mol. The number of halogens is 6. The van der Waals surface area contributed by atoms with E-state index in [0.29, 0.717) is 5.56 Å². The third kappa shape index (κ3) is 5.10. The minimum atomic E-state index is -5.54. The van der Waals surface area contributed by atoms with E-state index in [1.165, 1.54) is 12.1 Å². The van der Waals surface area contributed by atoms with Crippen LogP contribution in [0.4, 0.5) is 26.3 Å². The first-order valence-corrected chi connectivity index (χ1v) is 5.43. The molecule has 0 spiro atoms. The summed E-state index contributed by atoms with van der Waals surface area (Å²) in [7, 11) is 0. The van der Waals surface area contributed by atoms with Gasteiger partial charge in [0.2, 0.25) is 0 Å². The van der Waals surface area contributed by atoms with Crippen LogP contribution in [0.3, 0.4) is 0 Å². The number of hydrogen-bond acceptors (Lipinski definition) is 2. The fraction of sp³-hybridized carbons (Fsp3) is 0.417. The van der Waals surface area contributed by atoms with Crippen LogP contribution in [0.2, 0.25) is 0 Å². The van der Waals surface area contributed by atoms with Gasteiger partial charge in [-0.15, -0.1) is 0 Å². The van der Waals surface area contributed by atoms with Crippen molar-refractivity contribution in [3.05, 3.63) is 35.9 Å². The molecule has 0 radical (unpaired) electrons. The lowest BCUT2D eigenvalue weighted by molar-refractivity contribution is -0.285. The predicted octanol–water partition coefficient (Wildman–Crippen LogP) is 3.86. The third-order valence-corrected chi connectivity index (χ3v) is 2.40. The van der Waals surface area contributed by atoms with Crippen LogP contribution in [-0.4, -0.2) is 18.3 Å². The normalized spacial score (nSPS) is 12.6. The molecule has 0 amide bonds. The molecule has 2 nitrogen and oxygen atoms in total. The molecule has 1 rings (SSSR count). The van der Waals surface area contributed by atoms with Crippen LogP contribution in [0, 0.1) is 5.92 Å². The summed E-state index contributed by atoms with van der Waals surface area (Å²) in [5, 5.41) is 0. The van der Waals surface area contributed by atoms with Crippen molar-refractivity contribution in [2.75, 3.05) is 0 Å². The van der Waals surface area contributed by atoms with E-state index in [9.17, 15) is 31.1 Å². The summed E-state index contributed by atoms with van der Waals surface area (Å²) in [6, 6.07) is 7.90. The zero-order valence-electron chi connectivity index (χ0n) is 9.96. The standard InChI is InChI=1S/C12H10F6O2/c13-11(14,15)9(12(16,17)18)6-10(19)20-7-8-4-2-1-3-5-8/h1-5,9H,6-7H2. The number of esters is 1. The molecule has 0 N–H and O–H groups in total. The Hall–Kier alpha value is -1.73. The number of carbonyl (C=O) groups is 1. The molecule has 1 aromatic rings. The number of rotatable bonds is 4. The van der Waals surface area contributed by atoms with Gasteiger partial charge >= 0.3 is 18.3 Å². The molecule has 0 unspecified atom stereocenters. The van der Waals surface area contributed by atoms with Gasteiger partial charge in [0.15, 0.2) is 5.92 Å². The van der Waals surface area contributed by atoms with Crippen LogP contribution < -0.4 is 0 Å². The molecule has 0 saturated heterocycles. The summed E-state index contributed by atoms with van der Waals surface area (Å²) in [5.74, 6) is -5.26. The molecule has 0 fully saturated rings. The third-order valence-electron chi connectivity index (χ3n) is 2.40. The highest BCUT2D eigenvalue weighted by atomic mass is 19.4. The summed E-state index contributed by atoms with van der Waals surface area (Å²) < 4.78 is 77.7. The molecule has 0 bridgehead atoms. The summed E-state index contributed by atoms with van der Waals surface area (Å²) in [4.78, 5) is 11.1. The molecule has 0 heterocycles. The smallest absolute Gasteiger partial charge is 0.401 e. The van der Waals surface area contributed by atoms with Crippen molar-refractivity contribution in [1.29, 1.82) is 0 Å². The minimum Gasteiger partial charge on any atom is -0.461 e. The number of carbonyl (C=O) groups excluding carboxylic acids is 1. The molecule has 0 aliphatic rings. The Kier molecular flexibility index (Phi) is 5.02. The molecule has 112 valence electrons. The highest BCUT2D eigenvalue weighted by molar-refractivity contribution is 5.69. The largest absolute Gasteiger partial charge is 0.461 e. The van der Waals surface area contributed by atoms with Gasteiger partial charge in [-0.2, -0.15) is 26.3 Å². The quantitative estimate of drug-likeness (QED) is 0.623. The van der Waals surface area contributed by atoms with Crippen molar-refractivity contribution in [2.24, 2.45) is 5.92 Å². The van der Waals surface area contributed by atoms with Gasteiger partial charge in [0.25, 0.3) is 0 Å². The summed E-state index contributed by atoms with van der Waals surface area (Å²) >= 11 is 0. The van der Waals surface area contributed by atoms with Gasteiger partial charge in [-0.25, -0.2) is 0 Å². The fourth-order valence-corrected chi connectivity index (χ4v) is 1.38. The Labute approximate surface area is 110 Å². The maximum Gasteiger partial charge on any atom is 0.401 e. The van der Waals surface area contributed by atoms with Crippen LogP contribution in [-0.2, 0) is 16.1 Å².